The minimum absolute atomic E-state index is 0.0344. The quantitative estimate of drug-likeness (QED) is 0.447. The molecule has 28 heavy (non-hydrogen) atoms. The fourth-order valence-corrected chi connectivity index (χ4v) is 3.31. The predicted octanol–water partition coefficient (Wildman–Crippen LogP) is 2.14. The van der Waals surface area contributed by atoms with Crippen molar-refractivity contribution in [2.45, 2.75) is 57.0 Å². The van der Waals surface area contributed by atoms with Crippen LogP contribution in [0.15, 0.2) is 30.3 Å². The van der Waals surface area contributed by atoms with E-state index in [2.05, 4.69) is 29.7 Å². The Kier molecular flexibility index (Phi) is 9.23. The van der Waals surface area contributed by atoms with E-state index in [4.69, 9.17) is 15.2 Å². The highest BCUT2D eigenvalue weighted by molar-refractivity contribution is 5.76. The highest BCUT2D eigenvalue weighted by Crippen LogP contribution is 2.24. The SMILES string of the molecule is CCCCCCOC(=O)N[C@H](CC(N)=O)C1(NCCc2ccccc2)COC1. The van der Waals surface area contributed by atoms with Crippen molar-refractivity contribution in [2.24, 2.45) is 5.73 Å². The molecular weight excluding hydrogens is 358 g/mol. The molecule has 4 N–H and O–H groups in total. The van der Waals surface area contributed by atoms with E-state index in [0.29, 0.717) is 26.4 Å². The lowest BCUT2D eigenvalue weighted by Gasteiger charge is -2.47. The number of unbranched alkanes of at least 4 members (excludes halogenated alkanes) is 3. The van der Waals surface area contributed by atoms with Crippen molar-refractivity contribution in [3.63, 3.8) is 0 Å². The summed E-state index contributed by atoms with van der Waals surface area (Å²) in [4.78, 5) is 23.8. The highest BCUT2D eigenvalue weighted by atomic mass is 16.5. The van der Waals surface area contributed by atoms with Crippen molar-refractivity contribution >= 4 is 12.0 Å². The van der Waals surface area contributed by atoms with Crippen LogP contribution >= 0.6 is 0 Å². The number of hydrogen-bond acceptors (Lipinski definition) is 5. The van der Waals surface area contributed by atoms with Crippen LogP contribution in [0, 0.1) is 0 Å². The largest absolute Gasteiger partial charge is 0.450 e. The van der Waals surface area contributed by atoms with Crippen LogP contribution in [0.4, 0.5) is 4.79 Å². The molecule has 1 saturated heterocycles. The first-order valence-corrected chi connectivity index (χ1v) is 10.1. The van der Waals surface area contributed by atoms with E-state index in [1.165, 1.54) is 5.56 Å². The van der Waals surface area contributed by atoms with Crippen LogP contribution in [-0.2, 0) is 20.7 Å². The van der Waals surface area contributed by atoms with Crippen LogP contribution in [0.1, 0.15) is 44.6 Å². The second-order valence-electron chi connectivity index (χ2n) is 7.38. The van der Waals surface area contributed by atoms with Crippen LogP contribution in [0.25, 0.3) is 0 Å². The van der Waals surface area contributed by atoms with Crippen LogP contribution in [-0.4, -0.2) is 49.9 Å². The predicted molar refractivity (Wildman–Crippen MR) is 108 cm³/mol. The molecule has 156 valence electrons. The van der Waals surface area contributed by atoms with Gasteiger partial charge in [-0.2, -0.15) is 0 Å². The van der Waals surface area contributed by atoms with Crippen LogP contribution in [0.2, 0.25) is 0 Å². The van der Waals surface area contributed by atoms with Crippen molar-refractivity contribution in [3.8, 4) is 0 Å². The molecule has 0 spiro atoms. The second kappa shape index (κ2) is 11.7. The summed E-state index contributed by atoms with van der Waals surface area (Å²) in [6, 6.07) is 9.66. The topological polar surface area (TPSA) is 103 Å². The standard InChI is InChI=1S/C21H33N3O4/c1-2-3-4-8-13-28-20(26)24-18(14-19(22)25)21(15-27-16-21)23-12-11-17-9-6-5-7-10-17/h5-7,9-10,18,23H,2-4,8,11-16H2,1H3,(H2,22,25)(H,24,26)/t18-/m1/s1. The number of carbonyl (C=O) groups is 2. The Morgan fingerprint density at radius 3 is 2.57 bits per heavy atom. The molecule has 0 bridgehead atoms. The van der Waals surface area contributed by atoms with Gasteiger partial charge >= 0.3 is 6.09 Å². The van der Waals surface area contributed by atoms with Gasteiger partial charge in [0.05, 0.1) is 31.4 Å². The summed E-state index contributed by atoms with van der Waals surface area (Å²) in [5.74, 6) is -0.468. The molecule has 1 aliphatic heterocycles. The maximum atomic E-state index is 12.2. The number of amides is 2. The number of alkyl carbamates (subject to hydrolysis) is 1. The van der Waals surface area contributed by atoms with E-state index in [1.54, 1.807) is 0 Å². The number of carbonyl (C=O) groups excluding carboxylic acids is 2. The van der Waals surface area contributed by atoms with Crippen molar-refractivity contribution in [1.82, 2.24) is 10.6 Å². The third-order valence-electron chi connectivity index (χ3n) is 5.05. The zero-order valence-electron chi connectivity index (χ0n) is 16.7. The lowest BCUT2D eigenvalue weighted by molar-refractivity contribution is -0.123. The smallest absolute Gasteiger partial charge is 0.407 e. The van der Waals surface area contributed by atoms with Crippen LogP contribution in [0.3, 0.4) is 0 Å². The monoisotopic (exact) mass is 391 g/mol. The molecule has 7 heteroatoms. The average Bonchev–Trinajstić information content (AvgIpc) is 2.64. The van der Waals surface area contributed by atoms with Gasteiger partial charge in [-0.1, -0.05) is 56.5 Å². The van der Waals surface area contributed by atoms with Crippen molar-refractivity contribution < 1.29 is 19.1 Å². The molecule has 2 rings (SSSR count). The molecule has 1 atom stereocenters. The van der Waals surface area contributed by atoms with Crippen LogP contribution < -0.4 is 16.4 Å². The first kappa shape index (κ1) is 22.2. The summed E-state index contributed by atoms with van der Waals surface area (Å²) in [7, 11) is 0. The number of nitrogens with one attached hydrogen (secondary N) is 2. The number of rotatable bonds is 13. The van der Waals surface area contributed by atoms with Gasteiger partial charge in [-0.05, 0) is 24.9 Å². The molecule has 2 amide bonds. The van der Waals surface area contributed by atoms with Gasteiger partial charge in [-0.3, -0.25) is 4.79 Å². The van der Waals surface area contributed by atoms with Gasteiger partial charge in [0.2, 0.25) is 5.91 Å². The molecule has 1 fully saturated rings. The molecule has 1 aromatic carbocycles. The minimum Gasteiger partial charge on any atom is -0.450 e. The highest BCUT2D eigenvalue weighted by Gasteiger charge is 2.46. The van der Waals surface area contributed by atoms with Gasteiger partial charge in [0.25, 0.3) is 0 Å². The zero-order valence-corrected chi connectivity index (χ0v) is 16.7. The molecular formula is C21H33N3O4. The Hall–Kier alpha value is -2.12. The average molecular weight is 392 g/mol. The van der Waals surface area contributed by atoms with E-state index in [9.17, 15) is 9.59 Å². The fourth-order valence-electron chi connectivity index (χ4n) is 3.31. The van der Waals surface area contributed by atoms with Gasteiger partial charge in [0, 0.05) is 6.42 Å². The first-order valence-electron chi connectivity index (χ1n) is 10.1. The minimum atomic E-state index is -0.515. The molecule has 0 saturated carbocycles. The van der Waals surface area contributed by atoms with E-state index < -0.39 is 23.6 Å². The van der Waals surface area contributed by atoms with Gasteiger partial charge in [-0.25, -0.2) is 4.79 Å². The van der Waals surface area contributed by atoms with Crippen LogP contribution in [0.5, 0.6) is 0 Å². The van der Waals surface area contributed by atoms with Crippen molar-refractivity contribution in [2.75, 3.05) is 26.4 Å². The van der Waals surface area contributed by atoms with Gasteiger partial charge < -0.3 is 25.8 Å². The second-order valence-corrected chi connectivity index (χ2v) is 7.38. The summed E-state index contributed by atoms with van der Waals surface area (Å²) in [5.41, 5.74) is 6.13. The number of primary amides is 1. The maximum absolute atomic E-state index is 12.2. The molecule has 1 aromatic rings. The lowest BCUT2D eigenvalue weighted by atomic mass is 9.85. The Morgan fingerprint density at radius 1 is 1.21 bits per heavy atom. The van der Waals surface area contributed by atoms with Crippen molar-refractivity contribution in [1.29, 1.82) is 0 Å². The Bertz CT molecular complexity index is 605. The number of hydrogen-bond donors (Lipinski definition) is 3. The zero-order chi connectivity index (χ0) is 20.2. The first-order chi connectivity index (χ1) is 13.6. The van der Waals surface area contributed by atoms with E-state index in [1.807, 2.05) is 18.2 Å². The summed E-state index contributed by atoms with van der Waals surface area (Å²) in [6.07, 6.45) is 4.49. The summed E-state index contributed by atoms with van der Waals surface area (Å²) < 4.78 is 10.7. The van der Waals surface area contributed by atoms with Gasteiger partial charge in [0.15, 0.2) is 0 Å². The van der Waals surface area contributed by atoms with Crippen molar-refractivity contribution in [3.05, 3.63) is 35.9 Å². The molecule has 0 radical (unpaired) electrons. The van der Waals surface area contributed by atoms with E-state index in [0.717, 1.165) is 32.1 Å². The number of nitrogens with two attached hydrogens (primary N) is 1. The molecule has 1 heterocycles. The third-order valence-corrected chi connectivity index (χ3v) is 5.05. The fraction of sp³-hybridized carbons (Fsp3) is 0.619. The number of ether oxygens (including phenoxy) is 2. The Balaban J connectivity index is 1.87. The lowest BCUT2D eigenvalue weighted by Crippen LogP contribution is -2.72. The molecule has 1 aliphatic rings. The van der Waals surface area contributed by atoms with Gasteiger partial charge in [-0.15, -0.1) is 0 Å². The summed E-state index contributed by atoms with van der Waals surface area (Å²) >= 11 is 0. The Morgan fingerprint density at radius 2 is 1.96 bits per heavy atom. The Labute approximate surface area is 167 Å². The van der Waals surface area contributed by atoms with E-state index in [-0.39, 0.29) is 6.42 Å². The third kappa shape index (κ3) is 7.13. The number of benzene rings is 1. The normalized spacial score (nSPS) is 16.0. The molecule has 0 aromatic heterocycles. The van der Waals surface area contributed by atoms with E-state index >= 15 is 0 Å². The molecule has 0 aliphatic carbocycles. The molecule has 0 unspecified atom stereocenters. The molecule has 7 nitrogen and oxygen atoms in total. The maximum Gasteiger partial charge on any atom is 0.407 e. The summed E-state index contributed by atoms with van der Waals surface area (Å²) in [6.45, 7) is 4.04. The van der Waals surface area contributed by atoms with Gasteiger partial charge in [0.1, 0.15) is 0 Å². The summed E-state index contributed by atoms with van der Waals surface area (Å²) in [5, 5.41) is 6.30.